The molecule has 1 aliphatic rings. The molecular weight excluding hydrogens is 610 g/mol. The zero-order valence-electron chi connectivity index (χ0n) is 32.5. The zero-order chi connectivity index (χ0) is 36.0. The SMILES string of the molecule is CCCCCCCCCCCCCCCCCCNC(=O)C(CCCC)NC(=O)CCc1ccc(OC2CC(C)(C)N([O])C(C)(C)C2)cc1. The summed E-state index contributed by atoms with van der Waals surface area (Å²) in [6.45, 7) is 13.0. The lowest BCUT2D eigenvalue weighted by molar-refractivity contribution is -0.296. The number of rotatable bonds is 27. The third-order valence-electron chi connectivity index (χ3n) is 10.2. The van der Waals surface area contributed by atoms with Gasteiger partial charge in [-0.2, -0.15) is 0 Å². The van der Waals surface area contributed by atoms with Gasteiger partial charge in [0.05, 0.1) is 0 Å². The topological polar surface area (TPSA) is 90.6 Å². The molecule has 0 aromatic heterocycles. The Hall–Kier alpha value is -2.12. The number of nitrogens with zero attached hydrogens (tertiary/aromatic N) is 1. The summed E-state index contributed by atoms with van der Waals surface area (Å²) in [6.07, 6.45) is 26.1. The molecule has 0 aliphatic carbocycles. The monoisotopic (exact) mass is 685 g/mol. The number of nitrogens with one attached hydrogen (secondary N) is 2. The summed E-state index contributed by atoms with van der Waals surface area (Å²) in [5.41, 5.74) is 0.101. The van der Waals surface area contributed by atoms with Crippen LogP contribution in [-0.2, 0) is 21.2 Å². The molecule has 7 heteroatoms. The first-order valence-electron chi connectivity index (χ1n) is 20.3. The van der Waals surface area contributed by atoms with Crippen molar-refractivity contribution in [3.63, 3.8) is 0 Å². The third kappa shape index (κ3) is 18.1. The van der Waals surface area contributed by atoms with Crippen LogP contribution in [0.4, 0.5) is 0 Å². The van der Waals surface area contributed by atoms with E-state index >= 15 is 0 Å². The minimum absolute atomic E-state index is 0.0258. The van der Waals surface area contributed by atoms with Crippen molar-refractivity contribution in [2.75, 3.05) is 6.54 Å². The van der Waals surface area contributed by atoms with Gasteiger partial charge in [0.1, 0.15) is 17.9 Å². The predicted molar refractivity (Wildman–Crippen MR) is 203 cm³/mol. The van der Waals surface area contributed by atoms with Crippen molar-refractivity contribution in [2.24, 2.45) is 0 Å². The second kappa shape index (κ2) is 24.1. The fourth-order valence-electron chi connectivity index (χ4n) is 7.39. The molecule has 0 bridgehead atoms. The molecular formula is C42H74N3O4. The molecule has 0 saturated carbocycles. The predicted octanol–water partition coefficient (Wildman–Crippen LogP) is 10.4. The molecule has 281 valence electrons. The third-order valence-corrected chi connectivity index (χ3v) is 10.2. The van der Waals surface area contributed by atoms with Crippen LogP contribution in [0, 0.1) is 0 Å². The Balaban J connectivity index is 1.58. The van der Waals surface area contributed by atoms with Crippen LogP contribution in [0.3, 0.4) is 0 Å². The van der Waals surface area contributed by atoms with E-state index in [1.54, 1.807) is 0 Å². The zero-order valence-corrected chi connectivity index (χ0v) is 32.5. The lowest BCUT2D eigenvalue weighted by Gasteiger charge is -2.49. The molecule has 2 N–H and O–H groups in total. The maximum absolute atomic E-state index is 13.0. The van der Waals surface area contributed by atoms with Crippen molar-refractivity contribution in [1.82, 2.24) is 15.7 Å². The van der Waals surface area contributed by atoms with E-state index in [2.05, 4.69) is 24.5 Å². The van der Waals surface area contributed by atoms with Crippen molar-refractivity contribution in [3.8, 4) is 5.75 Å². The van der Waals surface area contributed by atoms with Crippen LogP contribution < -0.4 is 15.4 Å². The van der Waals surface area contributed by atoms with Crippen molar-refractivity contribution >= 4 is 11.8 Å². The van der Waals surface area contributed by atoms with Crippen LogP contribution in [0.1, 0.15) is 188 Å². The van der Waals surface area contributed by atoms with E-state index < -0.39 is 17.1 Å². The van der Waals surface area contributed by atoms with Gasteiger partial charge in [-0.25, -0.2) is 0 Å². The standard InChI is InChI=1S/C42H74N3O4/c1-7-9-11-12-13-14-15-16-17-18-19-20-21-22-23-24-32-43-40(47)38(25-10-8-2)44-39(46)31-28-35-26-29-36(30-27-35)49-37-33-41(3,4)45(48)42(5,6)34-37/h26-27,29-30,37-38H,7-25,28,31-34H2,1-6H3,(H,43,47)(H,44,46). The lowest BCUT2D eigenvalue weighted by Crippen LogP contribution is -2.60. The van der Waals surface area contributed by atoms with E-state index in [1.807, 2.05) is 52.0 Å². The summed E-state index contributed by atoms with van der Waals surface area (Å²) in [4.78, 5) is 25.8. The fraction of sp³-hybridized carbons (Fsp3) is 0.810. The first kappa shape index (κ1) is 43.0. The van der Waals surface area contributed by atoms with E-state index in [9.17, 15) is 14.8 Å². The smallest absolute Gasteiger partial charge is 0.242 e. The first-order chi connectivity index (χ1) is 23.5. The first-order valence-corrected chi connectivity index (χ1v) is 20.3. The molecule has 1 heterocycles. The Morgan fingerprint density at radius 2 is 1.20 bits per heavy atom. The van der Waals surface area contributed by atoms with Gasteiger partial charge in [0.25, 0.3) is 0 Å². The second-order valence-corrected chi connectivity index (χ2v) is 16.1. The van der Waals surface area contributed by atoms with Crippen molar-refractivity contribution in [3.05, 3.63) is 29.8 Å². The van der Waals surface area contributed by atoms with Crippen molar-refractivity contribution in [1.29, 1.82) is 0 Å². The lowest BCUT2D eigenvalue weighted by atomic mass is 9.80. The number of benzene rings is 1. The number of hydrogen-bond donors (Lipinski definition) is 2. The minimum Gasteiger partial charge on any atom is -0.490 e. The van der Waals surface area contributed by atoms with Gasteiger partial charge < -0.3 is 15.4 Å². The van der Waals surface area contributed by atoms with Gasteiger partial charge in [0, 0.05) is 36.9 Å². The van der Waals surface area contributed by atoms with E-state index in [1.165, 1.54) is 95.0 Å². The molecule has 2 amide bonds. The van der Waals surface area contributed by atoms with Gasteiger partial charge in [-0.1, -0.05) is 135 Å². The molecule has 0 spiro atoms. The van der Waals surface area contributed by atoms with Gasteiger partial charge in [0.2, 0.25) is 11.8 Å². The Kier molecular flexibility index (Phi) is 21.2. The summed E-state index contributed by atoms with van der Waals surface area (Å²) in [5, 5.41) is 20.0. The Morgan fingerprint density at radius 1 is 0.735 bits per heavy atom. The number of ether oxygens (including phenoxy) is 1. The van der Waals surface area contributed by atoms with E-state index in [0.717, 1.165) is 37.0 Å². The molecule has 1 aliphatic heterocycles. The van der Waals surface area contributed by atoms with Crippen molar-refractivity contribution < 1.29 is 19.5 Å². The van der Waals surface area contributed by atoms with Gasteiger partial charge in [-0.15, -0.1) is 10.3 Å². The summed E-state index contributed by atoms with van der Waals surface area (Å²) < 4.78 is 6.28. The van der Waals surface area contributed by atoms with Crippen LogP contribution in [-0.4, -0.2) is 46.6 Å². The Labute approximate surface area is 301 Å². The van der Waals surface area contributed by atoms with Crippen molar-refractivity contribution in [2.45, 2.75) is 212 Å². The number of aryl methyl sites for hydroxylation is 1. The highest BCUT2D eigenvalue weighted by Gasteiger charge is 2.47. The minimum atomic E-state index is -0.475. The molecule has 7 nitrogen and oxygen atoms in total. The highest BCUT2D eigenvalue weighted by molar-refractivity contribution is 5.87. The normalized spacial score (nSPS) is 16.7. The van der Waals surface area contributed by atoms with Gasteiger partial charge in [-0.3, -0.25) is 9.59 Å². The van der Waals surface area contributed by atoms with Crippen LogP contribution >= 0.6 is 0 Å². The highest BCUT2D eigenvalue weighted by Crippen LogP contribution is 2.38. The average molecular weight is 685 g/mol. The van der Waals surface area contributed by atoms with Crippen LogP contribution in [0.15, 0.2) is 24.3 Å². The Bertz CT molecular complexity index is 1010. The molecule has 2 rings (SSSR count). The molecule has 1 fully saturated rings. The van der Waals surface area contributed by atoms with E-state index in [4.69, 9.17) is 4.74 Å². The van der Waals surface area contributed by atoms with Gasteiger partial charge >= 0.3 is 0 Å². The molecule has 1 unspecified atom stereocenters. The quantitative estimate of drug-likeness (QED) is 0.0903. The molecule has 1 saturated heterocycles. The van der Waals surface area contributed by atoms with Crippen LogP contribution in [0.5, 0.6) is 5.75 Å². The Morgan fingerprint density at radius 3 is 1.69 bits per heavy atom. The molecule has 49 heavy (non-hydrogen) atoms. The number of hydroxylamine groups is 2. The average Bonchev–Trinajstić information content (AvgIpc) is 3.06. The summed E-state index contributed by atoms with van der Waals surface area (Å²) >= 11 is 0. The van der Waals surface area contributed by atoms with E-state index in [0.29, 0.717) is 38.6 Å². The van der Waals surface area contributed by atoms with Gasteiger partial charge in [0.15, 0.2) is 0 Å². The maximum Gasteiger partial charge on any atom is 0.242 e. The molecule has 1 atom stereocenters. The number of piperidine rings is 1. The highest BCUT2D eigenvalue weighted by atomic mass is 16.5. The summed E-state index contributed by atoms with van der Waals surface area (Å²) in [5.74, 6) is 0.635. The largest absolute Gasteiger partial charge is 0.490 e. The maximum atomic E-state index is 13.0. The molecule has 1 aromatic rings. The summed E-state index contributed by atoms with van der Waals surface area (Å²) in [6, 6.07) is 7.43. The number of amides is 2. The number of unbranched alkanes of at least 4 members (excludes halogenated alkanes) is 16. The number of carbonyl (C=O) groups excluding carboxylic acids is 2. The van der Waals surface area contributed by atoms with E-state index in [-0.39, 0.29) is 17.9 Å². The fourth-order valence-corrected chi connectivity index (χ4v) is 7.39. The number of carbonyl (C=O) groups is 2. The van der Waals surface area contributed by atoms with Gasteiger partial charge in [-0.05, 0) is 64.7 Å². The summed E-state index contributed by atoms with van der Waals surface area (Å²) in [7, 11) is 0. The second-order valence-electron chi connectivity index (χ2n) is 16.1. The molecule has 1 aromatic carbocycles. The number of hydrogen-bond acceptors (Lipinski definition) is 4. The van der Waals surface area contributed by atoms with Crippen LogP contribution in [0.2, 0.25) is 0 Å². The van der Waals surface area contributed by atoms with Crippen LogP contribution in [0.25, 0.3) is 0 Å². The molecule has 1 radical (unpaired) electrons.